The lowest BCUT2D eigenvalue weighted by Gasteiger charge is -2.00. The van der Waals surface area contributed by atoms with E-state index >= 15 is 0 Å². The molecule has 2 aromatic rings. The molecule has 2 heterocycles. The first-order valence-electron chi connectivity index (χ1n) is 5.59. The maximum Gasteiger partial charge on any atom is 0.123 e. The van der Waals surface area contributed by atoms with Crippen LogP contribution in [0, 0.1) is 6.92 Å². The van der Waals surface area contributed by atoms with Crippen LogP contribution in [0.2, 0.25) is 0 Å². The number of nitrogens with zero attached hydrogens (tertiary/aromatic N) is 2. The van der Waals surface area contributed by atoms with E-state index in [2.05, 4.69) is 17.3 Å². The summed E-state index contributed by atoms with van der Waals surface area (Å²) in [6.45, 7) is 5.75. The Bertz CT molecular complexity index is 445. The Hall–Kier alpha value is -1.71. The van der Waals surface area contributed by atoms with Crippen molar-refractivity contribution in [1.29, 1.82) is 0 Å². The van der Waals surface area contributed by atoms with Gasteiger partial charge in [0.05, 0.1) is 18.4 Å². The molecule has 0 spiro atoms. The molecule has 0 saturated heterocycles. The van der Waals surface area contributed by atoms with Crippen LogP contribution in [0.1, 0.15) is 24.9 Å². The first-order valence-corrected chi connectivity index (χ1v) is 5.59. The zero-order valence-corrected chi connectivity index (χ0v) is 9.73. The summed E-state index contributed by atoms with van der Waals surface area (Å²) in [4.78, 5) is 0. The van der Waals surface area contributed by atoms with E-state index in [1.807, 2.05) is 36.1 Å². The highest BCUT2D eigenvalue weighted by Gasteiger charge is 2.00. The second kappa shape index (κ2) is 4.88. The molecule has 2 rings (SSSR count). The number of hydrogen-bond acceptors (Lipinski definition) is 3. The Balaban J connectivity index is 1.89. The van der Waals surface area contributed by atoms with Crippen molar-refractivity contribution in [3.63, 3.8) is 0 Å². The Kier molecular flexibility index (Phi) is 3.29. The zero-order chi connectivity index (χ0) is 11.4. The molecule has 0 radical (unpaired) electrons. The molecule has 0 aliphatic rings. The van der Waals surface area contributed by atoms with Crippen LogP contribution >= 0.6 is 0 Å². The highest BCUT2D eigenvalue weighted by Crippen LogP contribution is 2.10. The Morgan fingerprint density at radius 1 is 1.44 bits per heavy atom. The van der Waals surface area contributed by atoms with Crippen molar-refractivity contribution < 1.29 is 4.42 Å². The quantitative estimate of drug-likeness (QED) is 0.840. The first-order chi connectivity index (χ1) is 7.78. The van der Waals surface area contributed by atoms with Gasteiger partial charge in [-0.05, 0) is 25.5 Å². The number of hydrogen-bond donors (Lipinski definition) is 1. The van der Waals surface area contributed by atoms with E-state index in [0.717, 1.165) is 30.2 Å². The van der Waals surface area contributed by atoms with Gasteiger partial charge >= 0.3 is 0 Å². The van der Waals surface area contributed by atoms with Crippen molar-refractivity contribution in [1.82, 2.24) is 9.78 Å². The molecule has 0 unspecified atom stereocenters. The minimum absolute atomic E-state index is 0.700. The van der Waals surface area contributed by atoms with Crippen molar-refractivity contribution in [2.75, 3.05) is 5.32 Å². The number of nitrogens with one attached hydrogen (secondary N) is 1. The molecule has 4 heteroatoms. The molecule has 0 aromatic carbocycles. The molecule has 0 atom stereocenters. The van der Waals surface area contributed by atoms with E-state index in [9.17, 15) is 0 Å². The zero-order valence-electron chi connectivity index (χ0n) is 9.73. The summed E-state index contributed by atoms with van der Waals surface area (Å²) >= 11 is 0. The van der Waals surface area contributed by atoms with Gasteiger partial charge in [-0.15, -0.1) is 0 Å². The van der Waals surface area contributed by atoms with Crippen LogP contribution in [-0.4, -0.2) is 9.78 Å². The average Bonchev–Trinajstić information content (AvgIpc) is 2.85. The number of furan rings is 1. The van der Waals surface area contributed by atoms with Gasteiger partial charge in [0, 0.05) is 12.7 Å². The standard InChI is InChI=1S/C12H17N3O/c1-3-6-15-9-11(7-14-15)13-8-12-5-4-10(2)16-12/h4-5,7,9,13H,3,6,8H2,1-2H3. The van der Waals surface area contributed by atoms with Crippen LogP contribution in [0.4, 0.5) is 5.69 Å². The largest absolute Gasteiger partial charge is 0.465 e. The lowest BCUT2D eigenvalue weighted by molar-refractivity contribution is 0.490. The van der Waals surface area contributed by atoms with Crippen LogP contribution in [0.5, 0.6) is 0 Å². The molecular weight excluding hydrogens is 202 g/mol. The third-order valence-corrected chi connectivity index (χ3v) is 2.35. The van der Waals surface area contributed by atoms with E-state index in [1.165, 1.54) is 0 Å². The topological polar surface area (TPSA) is 43.0 Å². The molecule has 1 N–H and O–H groups in total. The molecule has 0 amide bonds. The van der Waals surface area contributed by atoms with Crippen molar-refractivity contribution in [2.45, 2.75) is 33.4 Å². The molecule has 0 aliphatic carbocycles. The minimum atomic E-state index is 0.700. The lowest BCUT2D eigenvalue weighted by atomic mass is 10.4. The predicted octanol–water partition coefficient (Wildman–Crippen LogP) is 2.81. The van der Waals surface area contributed by atoms with Crippen LogP contribution in [-0.2, 0) is 13.1 Å². The molecular formula is C12H17N3O. The van der Waals surface area contributed by atoms with Gasteiger partial charge in [-0.1, -0.05) is 6.92 Å². The fraction of sp³-hybridized carbons (Fsp3) is 0.417. The van der Waals surface area contributed by atoms with Crippen LogP contribution in [0.15, 0.2) is 28.9 Å². The molecule has 86 valence electrons. The predicted molar refractivity (Wildman–Crippen MR) is 63.3 cm³/mol. The second-order valence-corrected chi connectivity index (χ2v) is 3.86. The van der Waals surface area contributed by atoms with Crippen LogP contribution in [0.3, 0.4) is 0 Å². The van der Waals surface area contributed by atoms with Crippen molar-refractivity contribution in [3.05, 3.63) is 36.0 Å². The maximum absolute atomic E-state index is 5.47. The monoisotopic (exact) mass is 219 g/mol. The SMILES string of the molecule is CCCn1cc(NCc2ccc(C)o2)cn1. The number of aryl methyl sites for hydroxylation is 2. The number of rotatable bonds is 5. The van der Waals surface area contributed by atoms with E-state index in [0.29, 0.717) is 6.54 Å². The summed E-state index contributed by atoms with van der Waals surface area (Å²) in [5, 5.41) is 7.52. The summed E-state index contributed by atoms with van der Waals surface area (Å²) < 4.78 is 7.41. The van der Waals surface area contributed by atoms with E-state index in [4.69, 9.17) is 4.42 Å². The van der Waals surface area contributed by atoms with E-state index in [-0.39, 0.29) is 0 Å². The first kappa shape index (κ1) is 10.8. The van der Waals surface area contributed by atoms with Crippen molar-refractivity contribution in [3.8, 4) is 0 Å². The summed E-state index contributed by atoms with van der Waals surface area (Å²) in [6.07, 6.45) is 4.95. The van der Waals surface area contributed by atoms with Crippen molar-refractivity contribution in [2.24, 2.45) is 0 Å². The Morgan fingerprint density at radius 3 is 3.00 bits per heavy atom. The third-order valence-electron chi connectivity index (χ3n) is 2.35. The van der Waals surface area contributed by atoms with Crippen LogP contribution < -0.4 is 5.32 Å². The highest BCUT2D eigenvalue weighted by molar-refractivity contribution is 5.38. The fourth-order valence-corrected chi connectivity index (χ4v) is 1.58. The van der Waals surface area contributed by atoms with Gasteiger partial charge in [0.15, 0.2) is 0 Å². The van der Waals surface area contributed by atoms with Crippen LogP contribution in [0.25, 0.3) is 0 Å². The van der Waals surface area contributed by atoms with E-state index in [1.54, 1.807) is 0 Å². The third kappa shape index (κ3) is 2.66. The normalized spacial score (nSPS) is 10.6. The molecule has 4 nitrogen and oxygen atoms in total. The average molecular weight is 219 g/mol. The van der Waals surface area contributed by atoms with Gasteiger partial charge in [0.25, 0.3) is 0 Å². The molecule has 0 aliphatic heterocycles. The Morgan fingerprint density at radius 2 is 2.31 bits per heavy atom. The summed E-state index contributed by atoms with van der Waals surface area (Å²) in [7, 11) is 0. The van der Waals surface area contributed by atoms with Gasteiger partial charge in [0.1, 0.15) is 11.5 Å². The van der Waals surface area contributed by atoms with E-state index < -0.39 is 0 Å². The Labute approximate surface area is 95.3 Å². The minimum Gasteiger partial charge on any atom is -0.465 e. The van der Waals surface area contributed by atoms with Gasteiger partial charge in [0.2, 0.25) is 0 Å². The smallest absolute Gasteiger partial charge is 0.123 e. The lowest BCUT2D eigenvalue weighted by Crippen LogP contribution is -1.98. The summed E-state index contributed by atoms with van der Waals surface area (Å²) in [5.41, 5.74) is 1.03. The van der Waals surface area contributed by atoms with Gasteiger partial charge < -0.3 is 9.73 Å². The van der Waals surface area contributed by atoms with Gasteiger partial charge in [-0.25, -0.2) is 0 Å². The molecule has 0 saturated carbocycles. The van der Waals surface area contributed by atoms with Crippen molar-refractivity contribution >= 4 is 5.69 Å². The number of anilines is 1. The van der Waals surface area contributed by atoms with Gasteiger partial charge in [-0.2, -0.15) is 5.10 Å². The fourth-order valence-electron chi connectivity index (χ4n) is 1.58. The molecule has 2 aromatic heterocycles. The second-order valence-electron chi connectivity index (χ2n) is 3.86. The highest BCUT2D eigenvalue weighted by atomic mass is 16.3. The molecule has 0 bridgehead atoms. The van der Waals surface area contributed by atoms with Gasteiger partial charge in [-0.3, -0.25) is 4.68 Å². The summed E-state index contributed by atoms with van der Waals surface area (Å²) in [5.74, 6) is 1.89. The molecule has 0 fully saturated rings. The maximum atomic E-state index is 5.47. The number of aromatic nitrogens is 2. The summed E-state index contributed by atoms with van der Waals surface area (Å²) in [6, 6.07) is 3.95. The molecule has 16 heavy (non-hydrogen) atoms.